The van der Waals surface area contributed by atoms with Gasteiger partial charge in [0.15, 0.2) is 6.17 Å². The van der Waals surface area contributed by atoms with Crippen molar-refractivity contribution in [3.05, 3.63) is 47.5 Å². The van der Waals surface area contributed by atoms with Crippen LogP contribution in [-0.4, -0.2) is 35.1 Å². The highest BCUT2D eigenvalue weighted by Gasteiger charge is 2.34. The van der Waals surface area contributed by atoms with Crippen molar-refractivity contribution < 1.29 is 13.2 Å². The number of aliphatic imine (C=N–C) groups is 1. The van der Waals surface area contributed by atoms with Crippen LogP contribution in [0.4, 0.5) is 13.2 Å². The van der Waals surface area contributed by atoms with Crippen molar-refractivity contribution in [2.75, 3.05) is 13.3 Å². The monoisotopic (exact) mass is 386 g/mol. The van der Waals surface area contributed by atoms with E-state index in [1.165, 1.54) is 17.0 Å². The molecule has 7 heteroatoms. The van der Waals surface area contributed by atoms with Gasteiger partial charge < -0.3 is 9.47 Å². The molecule has 1 unspecified atom stereocenters. The van der Waals surface area contributed by atoms with Gasteiger partial charge in [0.05, 0.1) is 22.8 Å². The predicted octanol–water partition coefficient (Wildman–Crippen LogP) is 4.97. The molecule has 0 saturated heterocycles. The van der Waals surface area contributed by atoms with Crippen molar-refractivity contribution in [3.63, 3.8) is 0 Å². The molecular weight excluding hydrogens is 365 g/mol. The molecule has 1 fully saturated rings. The zero-order valence-electron chi connectivity index (χ0n) is 15.4. The molecule has 1 aromatic heterocycles. The number of halogens is 3. The van der Waals surface area contributed by atoms with E-state index >= 15 is 0 Å². The van der Waals surface area contributed by atoms with Crippen molar-refractivity contribution in [2.24, 2.45) is 4.99 Å². The standard InChI is InChI=1S/C21H21F3N4/c22-11-16(12-23)27-9-3-8-26-21(27)20-18(13-25)17-10-14(24)6-7-19(17)28(20)15-4-1-2-5-15/h3,6-10,15-16,21H,1-2,4-5,11-12H2. The average Bonchev–Trinajstić information content (AvgIpc) is 3.34. The minimum atomic E-state index is -0.989. The Hall–Kier alpha value is -2.75. The van der Waals surface area contributed by atoms with Crippen molar-refractivity contribution in [1.82, 2.24) is 9.47 Å². The van der Waals surface area contributed by atoms with Crippen LogP contribution in [0.5, 0.6) is 0 Å². The smallest absolute Gasteiger partial charge is 0.163 e. The van der Waals surface area contributed by atoms with Gasteiger partial charge in [-0.1, -0.05) is 12.8 Å². The van der Waals surface area contributed by atoms with Gasteiger partial charge in [-0.25, -0.2) is 13.2 Å². The van der Waals surface area contributed by atoms with E-state index < -0.39 is 31.4 Å². The summed E-state index contributed by atoms with van der Waals surface area (Å²) in [6.07, 6.45) is 8.12. The van der Waals surface area contributed by atoms with Gasteiger partial charge in [-0.3, -0.25) is 4.99 Å². The van der Waals surface area contributed by atoms with Gasteiger partial charge in [-0.05, 0) is 37.1 Å². The maximum atomic E-state index is 14.0. The SMILES string of the molecule is N#Cc1c(C2N=CC=CN2C(CF)CF)n(C2CCCC2)c2ccc(F)cc12. The third kappa shape index (κ3) is 2.97. The largest absolute Gasteiger partial charge is 0.343 e. The third-order valence-corrected chi connectivity index (χ3v) is 5.68. The molecule has 0 radical (unpaired) electrons. The molecule has 0 bridgehead atoms. The zero-order valence-corrected chi connectivity index (χ0v) is 15.4. The quantitative estimate of drug-likeness (QED) is 0.728. The highest BCUT2D eigenvalue weighted by atomic mass is 19.1. The maximum Gasteiger partial charge on any atom is 0.163 e. The van der Waals surface area contributed by atoms with Crippen LogP contribution >= 0.6 is 0 Å². The Balaban J connectivity index is 1.96. The summed E-state index contributed by atoms with van der Waals surface area (Å²) in [6, 6.07) is 5.79. The summed E-state index contributed by atoms with van der Waals surface area (Å²) in [5.41, 5.74) is 1.67. The predicted molar refractivity (Wildman–Crippen MR) is 102 cm³/mol. The molecule has 1 aliphatic carbocycles. The molecule has 4 rings (SSSR count). The summed E-state index contributed by atoms with van der Waals surface area (Å²) in [5.74, 6) is -0.423. The highest BCUT2D eigenvalue weighted by molar-refractivity contribution is 5.89. The van der Waals surface area contributed by atoms with Gasteiger partial charge in [0, 0.05) is 23.8 Å². The second kappa shape index (κ2) is 7.70. The van der Waals surface area contributed by atoms with E-state index in [2.05, 4.69) is 15.6 Å². The van der Waals surface area contributed by atoms with Crippen LogP contribution in [0.2, 0.25) is 0 Å². The molecule has 0 N–H and O–H groups in total. The molecule has 2 aliphatic rings. The van der Waals surface area contributed by atoms with E-state index in [4.69, 9.17) is 0 Å². The second-order valence-electron chi connectivity index (χ2n) is 7.26. The number of aromatic nitrogens is 1. The first-order chi connectivity index (χ1) is 13.7. The summed E-state index contributed by atoms with van der Waals surface area (Å²) < 4.78 is 43.0. The number of rotatable bonds is 5. The number of fused-ring (bicyclic) bond motifs is 1. The van der Waals surface area contributed by atoms with Crippen molar-refractivity contribution in [1.29, 1.82) is 5.26 Å². The molecule has 1 saturated carbocycles. The minimum Gasteiger partial charge on any atom is -0.343 e. The van der Waals surface area contributed by atoms with Crippen LogP contribution in [-0.2, 0) is 0 Å². The first-order valence-corrected chi connectivity index (χ1v) is 9.52. The number of hydrogen-bond acceptors (Lipinski definition) is 3. The topological polar surface area (TPSA) is 44.3 Å². The van der Waals surface area contributed by atoms with Crippen LogP contribution in [0.15, 0.2) is 35.5 Å². The van der Waals surface area contributed by atoms with Crippen LogP contribution in [0.1, 0.15) is 49.1 Å². The molecule has 1 aliphatic heterocycles. The molecule has 28 heavy (non-hydrogen) atoms. The van der Waals surface area contributed by atoms with E-state index in [1.807, 2.05) is 0 Å². The Bertz CT molecular complexity index is 962. The summed E-state index contributed by atoms with van der Waals surface area (Å²) in [4.78, 5) is 6.00. The van der Waals surface area contributed by atoms with E-state index in [9.17, 15) is 18.4 Å². The van der Waals surface area contributed by atoms with E-state index in [-0.39, 0.29) is 6.04 Å². The normalized spacial score (nSPS) is 19.8. The average molecular weight is 386 g/mol. The Morgan fingerprint density at radius 1 is 1.21 bits per heavy atom. The summed E-state index contributed by atoms with van der Waals surface area (Å²) in [6.45, 7) is -1.74. The fourth-order valence-electron chi connectivity index (χ4n) is 4.40. The zero-order chi connectivity index (χ0) is 19.7. The van der Waals surface area contributed by atoms with Gasteiger partial charge in [-0.2, -0.15) is 5.26 Å². The number of alkyl halides is 2. The van der Waals surface area contributed by atoms with E-state index in [1.54, 1.807) is 24.6 Å². The molecule has 2 heterocycles. The molecule has 2 aromatic rings. The molecule has 4 nitrogen and oxygen atoms in total. The number of nitriles is 1. The molecular formula is C21H21F3N4. The lowest BCUT2D eigenvalue weighted by Crippen LogP contribution is -2.39. The van der Waals surface area contributed by atoms with E-state index in [0.29, 0.717) is 16.6 Å². The van der Waals surface area contributed by atoms with Crippen LogP contribution in [0, 0.1) is 17.1 Å². The van der Waals surface area contributed by atoms with Gasteiger partial charge in [-0.15, -0.1) is 0 Å². The van der Waals surface area contributed by atoms with Crippen LogP contribution in [0.25, 0.3) is 10.9 Å². The van der Waals surface area contributed by atoms with Gasteiger partial charge >= 0.3 is 0 Å². The summed E-state index contributed by atoms with van der Waals surface area (Å²) in [5, 5.41) is 10.4. The Morgan fingerprint density at radius 2 is 1.96 bits per heavy atom. The third-order valence-electron chi connectivity index (χ3n) is 5.68. The first kappa shape index (κ1) is 18.6. The fraction of sp³-hybridized carbons (Fsp3) is 0.429. The van der Waals surface area contributed by atoms with Gasteiger partial charge in [0.2, 0.25) is 0 Å². The highest BCUT2D eigenvalue weighted by Crippen LogP contribution is 2.42. The number of hydrogen-bond donors (Lipinski definition) is 0. The van der Waals surface area contributed by atoms with Crippen LogP contribution < -0.4 is 0 Å². The van der Waals surface area contributed by atoms with Gasteiger partial charge in [0.25, 0.3) is 0 Å². The molecule has 146 valence electrons. The molecule has 1 atom stereocenters. The molecule has 0 amide bonds. The Morgan fingerprint density at radius 3 is 2.64 bits per heavy atom. The van der Waals surface area contributed by atoms with Crippen molar-refractivity contribution in [2.45, 2.75) is 43.9 Å². The van der Waals surface area contributed by atoms with Crippen LogP contribution in [0.3, 0.4) is 0 Å². The van der Waals surface area contributed by atoms with Crippen molar-refractivity contribution in [3.8, 4) is 6.07 Å². The van der Waals surface area contributed by atoms with Gasteiger partial charge in [0.1, 0.15) is 25.2 Å². The minimum absolute atomic E-state index is 0.155. The first-order valence-electron chi connectivity index (χ1n) is 9.52. The summed E-state index contributed by atoms with van der Waals surface area (Å²) in [7, 11) is 0. The number of benzene rings is 1. The number of nitrogens with zero attached hydrogens (tertiary/aromatic N) is 4. The summed E-state index contributed by atoms with van der Waals surface area (Å²) >= 11 is 0. The lowest BCUT2D eigenvalue weighted by atomic mass is 10.1. The van der Waals surface area contributed by atoms with E-state index in [0.717, 1.165) is 31.2 Å². The Kier molecular flexibility index (Phi) is 5.12. The Labute approximate surface area is 161 Å². The fourth-order valence-corrected chi connectivity index (χ4v) is 4.40. The van der Waals surface area contributed by atoms with Crippen molar-refractivity contribution >= 4 is 17.1 Å². The second-order valence-corrected chi connectivity index (χ2v) is 7.26. The maximum absolute atomic E-state index is 14.0. The lowest BCUT2D eigenvalue weighted by Gasteiger charge is -2.35. The molecule has 0 spiro atoms. The molecule has 1 aromatic carbocycles. The lowest BCUT2D eigenvalue weighted by molar-refractivity contribution is 0.142. The number of allylic oxidation sites excluding steroid dienone is 1.